The second kappa shape index (κ2) is 5.96. The van der Waals surface area contributed by atoms with E-state index in [1.54, 1.807) is 16.9 Å². The maximum absolute atomic E-state index is 11.9. The predicted octanol–water partition coefficient (Wildman–Crippen LogP) is 2.76. The van der Waals surface area contributed by atoms with Crippen LogP contribution in [0, 0.1) is 13.8 Å². The summed E-state index contributed by atoms with van der Waals surface area (Å²) >= 11 is 5.91. The van der Waals surface area contributed by atoms with E-state index in [9.17, 15) is 4.79 Å². The average molecular weight is 293 g/mol. The van der Waals surface area contributed by atoms with Crippen molar-refractivity contribution in [3.63, 3.8) is 0 Å². The van der Waals surface area contributed by atoms with Crippen molar-refractivity contribution in [3.05, 3.63) is 40.7 Å². The van der Waals surface area contributed by atoms with Crippen LogP contribution in [-0.2, 0) is 11.3 Å². The highest BCUT2D eigenvalue weighted by Gasteiger charge is 2.09. The van der Waals surface area contributed by atoms with Gasteiger partial charge in [0.15, 0.2) is 0 Å². The van der Waals surface area contributed by atoms with Crippen molar-refractivity contribution in [2.24, 2.45) is 0 Å². The van der Waals surface area contributed by atoms with Crippen molar-refractivity contribution in [2.75, 3.05) is 11.1 Å². The molecule has 0 atom stereocenters. The molecule has 106 valence electrons. The number of hydrogen-bond acceptors (Lipinski definition) is 3. The number of anilines is 2. The molecule has 0 saturated heterocycles. The number of carbonyl (C=O) groups is 1. The van der Waals surface area contributed by atoms with E-state index >= 15 is 0 Å². The van der Waals surface area contributed by atoms with Crippen molar-refractivity contribution in [1.82, 2.24) is 9.78 Å². The molecule has 0 spiro atoms. The molecule has 2 aromatic rings. The normalized spacial score (nSPS) is 10.6. The lowest BCUT2D eigenvalue weighted by Gasteiger charge is -2.10. The van der Waals surface area contributed by atoms with Crippen LogP contribution in [0.4, 0.5) is 11.4 Å². The van der Waals surface area contributed by atoms with Crippen LogP contribution < -0.4 is 11.1 Å². The van der Waals surface area contributed by atoms with Gasteiger partial charge < -0.3 is 11.1 Å². The van der Waals surface area contributed by atoms with Gasteiger partial charge in [-0.15, -0.1) is 0 Å². The molecule has 0 unspecified atom stereocenters. The van der Waals surface area contributed by atoms with Gasteiger partial charge in [-0.25, -0.2) is 0 Å². The third kappa shape index (κ3) is 3.11. The number of nitrogen functional groups attached to an aromatic ring is 1. The summed E-state index contributed by atoms with van der Waals surface area (Å²) in [5, 5.41) is 7.57. The van der Waals surface area contributed by atoms with E-state index in [1.807, 2.05) is 26.0 Å². The first-order chi connectivity index (χ1) is 9.49. The second-order valence-electron chi connectivity index (χ2n) is 4.62. The van der Waals surface area contributed by atoms with Crippen molar-refractivity contribution in [3.8, 4) is 0 Å². The number of rotatable bonds is 4. The van der Waals surface area contributed by atoms with Gasteiger partial charge in [-0.2, -0.15) is 5.10 Å². The van der Waals surface area contributed by atoms with Crippen LogP contribution in [0.2, 0.25) is 5.02 Å². The number of nitrogens with zero attached hydrogens (tertiary/aromatic N) is 2. The van der Waals surface area contributed by atoms with Crippen LogP contribution in [0.3, 0.4) is 0 Å². The number of nitrogens with two attached hydrogens (primary N) is 1. The molecule has 20 heavy (non-hydrogen) atoms. The van der Waals surface area contributed by atoms with Crippen molar-refractivity contribution < 1.29 is 4.79 Å². The number of amides is 1. The zero-order valence-corrected chi connectivity index (χ0v) is 12.2. The Kier molecular flexibility index (Phi) is 4.29. The van der Waals surface area contributed by atoms with Gasteiger partial charge in [-0.3, -0.25) is 9.48 Å². The van der Waals surface area contributed by atoms with Crippen LogP contribution in [0.25, 0.3) is 0 Å². The molecule has 1 aromatic heterocycles. The molecule has 0 bridgehead atoms. The summed E-state index contributed by atoms with van der Waals surface area (Å²) in [6, 6.07) is 5.45. The van der Waals surface area contributed by atoms with Crippen molar-refractivity contribution >= 4 is 28.9 Å². The van der Waals surface area contributed by atoms with Crippen molar-refractivity contribution in [1.29, 1.82) is 0 Å². The fourth-order valence-electron chi connectivity index (χ4n) is 1.86. The van der Waals surface area contributed by atoms with Crippen LogP contribution in [0.15, 0.2) is 24.4 Å². The summed E-state index contributed by atoms with van der Waals surface area (Å²) in [5.41, 5.74) is 8.94. The molecule has 1 aromatic carbocycles. The Morgan fingerprint density at radius 3 is 2.85 bits per heavy atom. The number of hydrogen-bond donors (Lipinski definition) is 2. The number of benzene rings is 1. The SMILES string of the molecule is Cc1c(N)cccc1NC(=O)CCn1ncc(Cl)c1C. The number of halogens is 1. The van der Waals surface area contributed by atoms with Gasteiger partial charge in [0.1, 0.15) is 0 Å². The third-order valence-electron chi connectivity index (χ3n) is 3.24. The monoisotopic (exact) mass is 292 g/mol. The van der Waals surface area contributed by atoms with Crippen LogP contribution in [0.5, 0.6) is 0 Å². The Balaban J connectivity index is 1.96. The van der Waals surface area contributed by atoms with Crippen LogP contribution in [-0.4, -0.2) is 15.7 Å². The highest BCUT2D eigenvalue weighted by Crippen LogP contribution is 2.20. The van der Waals surface area contributed by atoms with Gasteiger partial charge >= 0.3 is 0 Å². The molecular formula is C14H17ClN4O. The molecule has 2 rings (SSSR count). The molecule has 0 aliphatic heterocycles. The number of nitrogens with one attached hydrogen (secondary N) is 1. The van der Waals surface area contributed by atoms with Crippen molar-refractivity contribution in [2.45, 2.75) is 26.8 Å². The van der Waals surface area contributed by atoms with E-state index in [0.29, 0.717) is 23.7 Å². The van der Waals surface area contributed by atoms with Crippen LogP contribution in [0.1, 0.15) is 17.7 Å². The summed E-state index contributed by atoms with van der Waals surface area (Å²) < 4.78 is 1.72. The fraction of sp³-hybridized carbons (Fsp3) is 0.286. The Morgan fingerprint density at radius 1 is 1.45 bits per heavy atom. The summed E-state index contributed by atoms with van der Waals surface area (Å²) in [7, 11) is 0. The maximum atomic E-state index is 11.9. The number of aryl methyl sites for hydroxylation is 1. The zero-order chi connectivity index (χ0) is 14.7. The highest BCUT2D eigenvalue weighted by molar-refractivity contribution is 6.31. The quantitative estimate of drug-likeness (QED) is 0.851. The van der Waals surface area contributed by atoms with Gasteiger partial charge in [0.25, 0.3) is 0 Å². The van der Waals surface area contributed by atoms with E-state index in [4.69, 9.17) is 17.3 Å². The molecule has 0 aliphatic carbocycles. The van der Waals surface area contributed by atoms with E-state index in [0.717, 1.165) is 16.9 Å². The van der Waals surface area contributed by atoms with E-state index < -0.39 is 0 Å². The third-order valence-corrected chi connectivity index (χ3v) is 3.61. The molecule has 1 amide bonds. The Labute approximate surface area is 122 Å². The van der Waals surface area contributed by atoms with Gasteiger partial charge in [0, 0.05) is 17.8 Å². The highest BCUT2D eigenvalue weighted by atomic mass is 35.5. The van der Waals surface area contributed by atoms with Gasteiger partial charge in [0.2, 0.25) is 5.91 Å². The Bertz CT molecular complexity index is 636. The molecule has 6 heteroatoms. The minimum Gasteiger partial charge on any atom is -0.398 e. The predicted molar refractivity (Wildman–Crippen MR) is 80.8 cm³/mol. The molecule has 0 fully saturated rings. The first-order valence-corrected chi connectivity index (χ1v) is 6.69. The van der Waals surface area contributed by atoms with Crippen LogP contribution >= 0.6 is 11.6 Å². The van der Waals surface area contributed by atoms with E-state index in [2.05, 4.69) is 10.4 Å². The summed E-state index contributed by atoms with van der Waals surface area (Å²) in [4.78, 5) is 11.9. The lowest BCUT2D eigenvalue weighted by molar-refractivity contribution is -0.116. The second-order valence-corrected chi connectivity index (χ2v) is 5.03. The average Bonchev–Trinajstić information content (AvgIpc) is 2.73. The first-order valence-electron chi connectivity index (χ1n) is 6.32. The molecule has 3 N–H and O–H groups in total. The molecular weight excluding hydrogens is 276 g/mol. The minimum absolute atomic E-state index is 0.0790. The summed E-state index contributed by atoms with van der Waals surface area (Å²) in [6.07, 6.45) is 1.91. The van der Waals surface area contributed by atoms with E-state index in [1.165, 1.54) is 0 Å². The largest absolute Gasteiger partial charge is 0.398 e. The standard InChI is InChI=1S/C14H17ClN4O/c1-9-12(16)4-3-5-13(9)18-14(20)6-7-19-10(2)11(15)8-17-19/h3-5,8H,6-7,16H2,1-2H3,(H,18,20). The number of aromatic nitrogens is 2. The lowest BCUT2D eigenvalue weighted by Crippen LogP contribution is -2.16. The van der Waals surface area contributed by atoms with Gasteiger partial charge in [0.05, 0.1) is 23.5 Å². The zero-order valence-electron chi connectivity index (χ0n) is 11.5. The summed E-state index contributed by atoms with van der Waals surface area (Å²) in [6.45, 7) is 4.24. The molecule has 1 heterocycles. The molecule has 5 nitrogen and oxygen atoms in total. The van der Waals surface area contributed by atoms with Gasteiger partial charge in [-0.1, -0.05) is 17.7 Å². The summed E-state index contributed by atoms with van der Waals surface area (Å²) in [5.74, 6) is -0.0790. The molecule has 0 saturated carbocycles. The topological polar surface area (TPSA) is 72.9 Å². The Morgan fingerprint density at radius 2 is 2.20 bits per heavy atom. The maximum Gasteiger partial charge on any atom is 0.226 e. The lowest BCUT2D eigenvalue weighted by atomic mass is 10.1. The minimum atomic E-state index is -0.0790. The van der Waals surface area contributed by atoms with Gasteiger partial charge in [-0.05, 0) is 31.5 Å². The fourth-order valence-corrected chi connectivity index (χ4v) is 2.00. The first kappa shape index (κ1) is 14.4. The smallest absolute Gasteiger partial charge is 0.226 e. The molecule has 0 aliphatic rings. The molecule has 0 radical (unpaired) electrons. The Hall–Kier alpha value is -2.01. The number of carbonyl (C=O) groups excluding carboxylic acids is 1. The van der Waals surface area contributed by atoms with E-state index in [-0.39, 0.29) is 5.91 Å².